The van der Waals surface area contributed by atoms with Crippen molar-refractivity contribution >= 4 is 29.0 Å². The van der Waals surface area contributed by atoms with Gasteiger partial charge in [0.1, 0.15) is 7.14 Å². The van der Waals surface area contributed by atoms with Gasteiger partial charge in [-0.2, -0.15) is 0 Å². The van der Waals surface area contributed by atoms with E-state index in [-0.39, 0.29) is 0 Å². The maximum absolute atomic E-state index is 12.0. The molecule has 0 aliphatic carbocycles. The molecule has 1 aromatic carbocycles. The Labute approximate surface area is 82.7 Å². The largest absolute Gasteiger partial charge is 0.397 e. The molecule has 0 aliphatic heterocycles. The Balaban J connectivity index is 2.85. The van der Waals surface area contributed by atoms with Gasteiger partial charge in [-0.25, -0.2) is 0 Å². The highest BCUT2D eigenvalue weighted by atomic mass is 31.2. The third-order valence-electron chi connectivity index (χ3n) is 2.31. The second kappa shape index (κ2) is 2.89. The summed E-state index contributed by atoms with van der Waals surface area (Å²) in [6, 6.07) is 5.71. The second-order valence-electron chi connectivity index (χ2n) is 3.79. The van der Waals surface area contributed by atoms with Crippen LogP contribution in [0.1, 0.15) is 0 Å². The van der Waals surface area contributed by atoms with Crippen molar-refractivity contribution < 1.29 is 4.57 Å². The zero-order chi connectivity index (χ0) is 10.3. The van der Waals surface area contributed by atoms with Gasteiger partial charge in [-0.3, -0.25) is 0 Å². The number of aromatic amines is 1. The van der Waals surface area contributed by atoms with Crippen LogP contribution in [0.15, 0.2) is 24.4 Å². The average molecular weight is 208 g/mol. The Morgan fingerprint density at radius 2 is 2.07 bits per heavy atom. The third kappa shape index (κ3) is 1.34. The molecule has 0 atom stereocenters. The molecule has 1 aromatic heterocycles. The van der Waals surface area contributed by atoms with E-state index in [9.17, 15) is 4.57 Å². The number of nitrogens with one attached hydrogen (secondary N) is 1. The molecule has 0 spiro atoms. The number of nitrogens with two attached hydrogens (primary N) is 1. The maximum Gasteiger partial charge on any atom is 0.111 e. The Hall–Kier alpha value is -1.21. The maximum atomic E-state index is 12.0. The predicted octanol–water partition coefficient (Wildman–Crippen LogP) is 2.00. The molecular weight excluding hydrogens is 195 g/mol. The summed E-state index contributed by atoms with van der Waals surface area (Å²) in [5.74, 6) is 0. The molecular formula is C10H13N2OP. The zero-order valence-electron chi connectivity index (χ0n) is 8.24. The summed E-state index contributed by atoms with van der Waals surface area (Å²) in [6.45, 7) is 3.53. The number of nitrogen functional groups attached to an aromatic ring is 1. The van der Waals surface area contributed by atoms with Crippen molar-refractivity contribution in [2.45, 2.75) is 0 Å². The van der Waals surface area contributed by atoms with Crippen LogP contribution in [-0.2, 0) is 4.57 Å². The standard InChI is InChI=1S/C10H13N2OP/c1-14(2,13)9-5-3-4-7-8(11)6-12-10(7)9/h3-6,12H,11H2,1-2H3. The van der Waals surface area contributed by atoms with Crippen molar-refractivity contribution in [2.75, 3.05) is 19.1 Å². The number of rotatable bonds is 1. The highest BCUT2D eigenvalue weighted by Crippen LogP contribution is 2.37. The smallest absolute Gasteiger partial charge is 0.111 e. The molecule has 0 radical (unpaired) electrons. The minimum atomic E-state index is -2.24. The second-order valence-corrected chi connectivity index (χ2v) is 6.98. The van der Waals surface area contributed by atoms with Gasteiger partial charge in [-0.05, 0) is 19.4 Å². The molecule has 0 bridgehead atoms. The Morgan fingerprint density at radius 3 is 2.71 bits per heavy atom. The van der Waals surface area contributed by atoms with Crippen LogP contribution >= 0.6 is 7.14 Å². The van der Waals surface area contributed by atoms with Crippen LogP contribution < -0.4 is 11.0 Å². The fourth-order valence-electron chi connectivity index (χ4n) is 1.61. The van der Waals surface area contributed by atoms with E-state index in [0.29, 0.717) is 5.69 Å². The van der Waals surface area contributed by atoms with E-state index in [1.165, 1.54) is 0 Å². The van der Waals surface area contributed by atoms with Gasteiger partial charge in [-0.1, -0.05) is 12.1 Å². The van der Waals surface area contributed by atoms with Gasteiger partial charge in [0.15, 0.2) is 0 Å². The fourth-order valence-corrected chi connectivity index (χ4v) is 2.78. The minimum absolute atomic E-state index is 0.704. The first kappa shape index (κ1) is 9.35. The van der Waals surface area contributed by atoms with E-state index in [2.05, 4.69) is 4.98 Å². The van der Waals surface area contributed by atoms with Crippen molar-refractivity contribution in [2.24, 2.45) is 0 Å². The molecule has 74 valence electrons. The predicted molar refractivity (Wildman–Crippen MR) is 61.8 cm³/mol. The summed E-state index contributed by atoms with van der Waals surface area (Å²) in [5, 5.41) is 1.82. The van der Waals surface area contributed by atoms with Crippen molar-refractivity contribution in [3.8, 4) is 0 Å². The molecule has 0 saturated carbocycles. The Morgan fingerprint density at radius 1 is 1.36 bits per heavy atom. The van der Waals surface area contributed by atoms with Gasteiger partial charge in [-0.15, -0.1) is 0 Å². The summed E-state index contributed by atoms with van der Waals surface area (Å²) in [7, 11) is -2.24. The van der Waals surface area contributed by atoms with E-state index in [1.54, 1.807) is 19.5 Å². The van der Waals surface area contributed by atoms with E-state index in [0.717, 1.165) is 16.2 Å². The summed E-state index contributed by atoms with van der Waals surface area (Å²) in [6.07, 6.45) is 1.74. The Kier molecular flexibility index (Phi) is 1.93. The molecule has 3 nitrogen and oxygen atoms in total. The number of aromatic nitrogens is 1. The van der Waals surface area contributed by atoms with E-state index in [1.807, 2.05) is 18.2 Å². The van der Waals surface area contributed by atoms with E-state index < -0.39 is 7.14 Å². The topological polar surface area (TPSA) is 58.9 Å². The lowest BCUT2D eigenvalue weighted by molar-refractivity contribution is 0.588. The van der Waals surface area contributed by atoms with Crippen LogP contribution in [0, 0.1) is 0 Å². The quantitative estimate of drug-likeness (QED) is 0.704. The SMILES string of the molecule is CP(C)(=O)c1cccc2c(N)c[nH]c12. The number of hydrogen-bond acceptors (Lipinski definition) is 2. The van der Waals surface area contributed by atoms with Crippen LogP contribution in [0.5, 0.6) is 0 Å². The van der Waals surface area contributed by atoms with E-state index in [4.69, 9.17) is 5.73 Å². The first-order chi connectivity index (χ1) is 6.50. The molecule has 0 aliphatic rings. The normalized spacial score (nSPS) is 12.1. The molecule has 2 rings (SSSR count). The zero-order valence-corrected chi connectivity index (χ0v) is 9.14. The number of hydrogen-bond donors (Lipinski definition) is 2. The van der Waals surface area contributed by atoms with Crippen molar-refractivity contribution in [1.29, 1.82) is 0 Å². The molecule has 1 heterocycles. The van der Waals surface area contributed by atoms with Crippen molar-refractivity contribution in [1.82, 2.24) is 4.98 Å². The van der Waals surface area contributed by atoms with Crippen LogP contribution in [0.2, 0.25) is 0 Å². The molecule has 2 aromatic rings. The fraction of sp³-hybridized carbons (Fsp3) is 0.200. The highest BCUT2D eigenvalue weighted by Gasteiger charge is 2.15. The molecule has 3 N–H and O–H groups in total. The van der Waals surface area contributed by atoms with Gasteiger partial charge in [0, 0.05) is 16.9 Å². The van der Waals surface area contributed by atoms with Crippen molar-refractivity contribution in [3.63, 3.8) is 0 Å². The number of benzene rings is 1. The molecule has 0 amide bonds. The van der Waals surface area contributed by atoms with Crippen LogP contribution in [0.3, 0.4) is 0 Å². The number of H-pyrrole nitrogens is 1. The Bertz CT molecular complexity index is 524. The highest BCUT2D eigenvalue weighted by molar-refractivity contribution is 7.70. The van der Waals surface area contributed by atoms with Crippen molar-refractivity contribution in [3.05, 3.63) is 24.4 Å². The molecule has 0 saturated heterocycles. The number of fused-ring (bicyclic) bond motifs is 1. The molecule has 0 unspecified atom stereocenters. The van der Waals surface area contributed by atoms with Gasteiger partial charge < -0.3 is 15.3 Å². The summed E-state index contributed by atoms with van der Waals surface area (Å²) < 4.78 is 12.0. The van der Waals surface area contributed by atoms with E-state index >= 15 is 0 Å². The first-order valence-electron chi connectivity index (χ1n) is 4.41. The van der Waals surface area contributed by atoms with Crippen LogP contribution in [-0.4, -0.2) is 18.3 Å². The lowest BCUT2D eigenvalue weighted by atomic mass is 10.2. The van der Waals surface area contributed by atoms with Crippen LogP contribution in [0.4, 0.5) is 5.69 Å². The first-order valence-corrected chi connectivity index (χ1v) is 7.01. The van der Waals surface area contributed by atoms with Gasteiger partial charge in [0.25, 0.3) is 0 Å². The number of para-hydroxylation sites is 1. The lowest BCUT2D eigenvalue weighted by Gasteiger charge is -2.07. The average Bonchev–Trinajstić information content (AvgIpc) is 2.46. The van der Waals surface area contributed by atoms with Gasteiger partial charge in [0.05, 0.1) is 11.2 Å². The lowest BCUT2D eigenvalue weighted by Crippen LogP contribution is -2.03. The summed E-state index contributed by atoms with van der Waals surface area (Å²) >= 11 is 0. The molecule has 4 heteroatoms. The van der Waals surface area contributed by atoms with Gasteiger partial charge in [0.2, 0.25) is 0 Å². The van der Waals surface area contributed by atoms with Gasteiger partial charge >= 0.3 is 0 Å². The molecule has 14 heavy (non-hydrogen) atoms. The molecule has 0 fully saturated rings. The summed E-state index contributed by atoms with van der Waals surface area (Å²) in [5.41, 5.74) is 7.37. The van der Waals surface area contributed by atoms with Crippen LogP contribution in [0.25, 0.3) is 10.9 Å². The number of anilines is 1. The summed E-state index contributed by atoms with van der Waals surface area (Å²) in [4.78, 5) is 3.07. The minimum Gasteiger partial charge on any atom is -0.397 e. The third-order valence-corrected chi connectivity index (χ3v) is 3.84. The monoisotopic (exact) mass is 208 g/mol.